The molecular formula is C13H27N3O. The van der Waals surface area contributed by atoms with Gasteiger partial charge in [-0.05, 0) is 45.7 Å². The average molecular weight is 241 g/mol. The first-order valence-corrected chi connectivity index (χ1v) is 7.01. The molecule has 3 atom stereocenters. The summed E-state index contributed by atoms with van der Waals surface area (Å²) in [6, 6.07) is 0.341. The lowest BCUT2D eigenvalue weighted by molar-refractivity contribution is 0.0523. The van der Waals surface area contributed by atoms with Gasteiger partial charge < -0.3 is 4.74 Å². The Morgan fingerprint density at radius 3 is 2.65 bits per heavy atom. The minimum atomic E-state index is 0.170. The van der Waals surface area contributed by atoms with Crippen LogP contribution in [0.5, 0.6) is 0 Å². The quantitative estimate of drug-likeness (QED) is 0.559. The zero-order chi connectivity index (χ0) is 12.3. The summed E-state index contributed by atoms with van der Waals surface area (Å²) < 4.78 is 5.53. The molecule has 17 heavy (non-hydrogen) atoms. The molecule has 2 aliphatic rings. The van der Waals surface area contributed by atoms with E-state index in [1.54, 1.807) is 0 Å². The third kappa shape index (κ3) is 2.50. The highest BCUT2D eigenvalue weighted by Gasteiger charge is 2.43. The molecule has 2 saturated heterocycles. The van der Waals surface area contributed by atoms with E-state index in [-0.39, 0.29) is 5.54 Å². The summed E-state index contributed by atoms with van der Waals surface area (Å²) in [6.07, 6.45) is 4.93. The Morgan fingerprint density at radius 2 is 2.18 bits per heavy atom. The lowest BCUT2D eigenvalue weighted by atomic mass is 9.79. The number of ether oxygens (including phenoxy) is 1. The number of nitrogens with zero attached hydrogens (tertiary/aromatic N) is 1. The highest BCUT2D eigenvalue weighted by Crippen LogP contribution is 2.33. The van der Waals surface area contributed by atoms with Gasteiger partial charge in [-0.2, -0.15) is 0 Å². The fourth-order valence-electron chi connectivity index (χ4n) is 3.51. The number of hydrogen-bond acceptors (Lipinski definition) is 4. The Bertz CT molecular complexity index is 237. The van der Waals surface area contributed by atoms with Gasteiger partial charge in [-0.3, -0.25) is 16.2 Å². The molecule has 0 bridgehead atoms. The van der Waals surface area contributed by atoms with E-state index in [2.05, 4.69) is 24.2 Å². The van der Waals surface area contributed by atoms with E-state index in [1.807, 2.05) is 0 Å². The summed E-state index contributed by atoms with van der Waals surface area (Å²) in [4.78, 5) is 2.62. The van der Waals surface area contributed by atoms with Gasteiger partial charge in [0, 0.05) is 24.1 Å². The number of nitrogens with two attached hydrogens (primary N) is 1. The predicted octanol–water partition coefficient (Wildman–Crippen LogP) is 1.12. The van der Waals surface area contributed by atoms with Gasteiger partial charge in [-0.1, -0.05) is 6.92 Å². The van der Waals surface area contributed by atoms with Crippen molar-refractivity contribution in [3.05, 3.63) is 0 Å². The molecule has 4 heteroatoms. The lowest BCUT2D eigenvalue weighted by Crippen LogP contribution is -2.63. The molecule has 0 spiro atoms. The average Bonchev–Trinajstić information content (AvgIpc) is 3.02. The number of likely N-dealkylation sites (tertiary alicyclic amines) is 1. The minimum Gasteiger partial charge on any atom is -0.381 e. The Labute approximate surface area is 105 Å². The van der Waals surface area contributed by atoms with Gasteiger partial charge in [-0.25, -0.2) is 0 Å². The first-order valence-electron chi connectivity index (χ1n) is 7.01. The number of rotatable bonds is 5. The Balaban J connectivity index is 2.11. The van der Waals surface area contributed by atoms with Crippen LogP contribution < -0.4 is 11.3 Å². The van der Waals surface area contributed by atoms with Gasteiger partial charge in [-0.15, -0.1) is 0 Å². The number of hydrazine groups is 1. The van der Waals surface area contributed by atoms with E-state index < -0.39 is 0 Å². The van der Waals surface area contributed by atoms with Crippen molar-refractivity contribution in [1.82, 2.24) is 10.3 Å². The van der Waals surface area contributed by atoms with Gasteiger partial charge in [0.05, 0.1) is 6.61 Å². The Kier molecular flexibility index (Phi) is 4.42. The fraction of sp³-hybridized carbons (Fsp3) is 1.00. The zero-order valence-corrected chi connectivity index (χ0v) is 11.2. The molecule has 3 N–H and O–H groups in total. The molecule has 3 unspecified atom stereocenters. The molecule has 2 aliphatic heterocycles. The van der Waals surface area contributed by atoms with Crippen LogP contribution >= 0.6 is 0 Å². The van der Waals surface area contributed by atoms with Crippen LogP contribution in [0.2, 0.25) is 0 Å². The fourth-order valence-corrected chi connectivity index (χ4v) is 3.51. The van der Waals surface area contributed by atoms with E-state index in [4.69, 9.17) is 10.6 Å². The van der Waals surface area contributed by atoms with Crippen molar-refractivity contribution >= 4 is 0 Å². The van der Waals surface area contributed by atoms with Crippen molar-refractivity contribution < 1.29 is 4.74 Å². The molecular weight excluding hydrogens is 214 g/mol. The second kappa shape index (κ2) is 5.65. The van der Waals surface area contributed by atoms with Crippen molar-refractivity contribution in [3.63, 3.8) is 0 Å². The molecule has 100 valence electrons. The highest BCUT2D eigenvalue weighted by atomic mass is 16.5. The summed E-state index contributed by atoms with van der Waals surface area (Å²) in [6.45, 7) is 8.83. The molecule has 0 aromatic heterocycles. The van der Waals surface area contributed by atoms with Gasteiger partial charge in [0.2, 0.25) is 0 Å². The second-order valence-electron chi connectivity index (χ2n) is 5.67. The van der Waals surface area contributed by atoms with E-state index >= 15 is 0 Å². The molecule has 0 aromatic carbocycles. The maximum atomic E-state index is 5.85. The van der Waals surface area contributed by atoms with Crippen LogP contribution in [0.15, 0.2) is 0 Å². The summed E-state index contributed by atoms with van der Waals surface area (Å²) in [7, 11) is 0. The molecule has 2 heterocycles. The smallest absolute Gasteiger partial charge is 0.0511 e. The molecule has 2 fully saturated rings. The maximum absolute atomic E-state index is 5.85. The summed E-state index contributed by atoms with van der Waals surface area (Å²) >= 11 is 0. The standard InChI is InChI=1S/C13H27N3O/c1-3-13(2,16-7-4-5-8-16)12(15-14)11-6-9-17-10-11/h11-12,15H,3-10,14H2,1-2H3. The number of hydrogen-bond donors (Lipinski definition) is 2. The minimum absolute atomic E-state index is 0.170. The molecule has 0 radical (unpaired) electrons. The number of nitrogens with one attached hydrogen (secondary N) is 1. The first kappa shape index (κ1) is 13.3. The van der Waals surface area contributed by atoms with E-state index in [0.717, 1.165) is 26.1 Å². The molecule has 4 nitrogen and oxygen atoms in total. The SMILES string of the molecule is CCC(C)(C(NN)C1CCOC1)N1CCCC1. The van der Waals surface area contributed by atoms with Crippen LogP contribution in [0.1, 0.15) is 39.5 Å². The largest absolute Gasteiger partial charge is 0.381 e. The maximum Gasteiger partial charge on any atom is 0.0511 e. The molecule has 0 aromatic rings. The van der Waals surface area contributed by atoms with E-state index in [0.29, 0.717) is 12.0 Å². The molecule has 2 rings (SSSR count). The van der Waals surface area contributed by atoms with Crippen molar-refractivity contribution in [2.45, 2.75) is 51.1 Å². The van der Waals surface area contributed by atoms with Crippen LogP contribution in [0.4, 0.5) is 0 Å². The highest BCUT2D eigenvalue weighted by molar-refractivity contribution is 5.00. The zero-order valence-electron chi connectivity index (χ0n) is 11.2. The first-order chi connectivity index (χ1) is 8.22. The third-order valence-corrected chi connectivity index (χ3v) is 4.83. The summed E-state index contributed by atoms with van der Waals surface area (Å²) in [5, 5.41) is 0. The van der Waals surface area contributed by atoms with Gasteiger partial charge in [0.1, 0.15) is 0 Å². The molecule has 0 aliphatic carbocycles. The van der Waals surface area contributed by atoms with E-state index in [1.165, 1.54) is 25.9 Å². The Hall–Kier alpha value is -0.160. The summed E-state index contributed by atoms with van der Waals surface area (Å²) in [5.41, 5.74) is 3.26. The normalized spacial score (nSPS) is 31.6. The van der Waals surface area contributed by atoms with Crippen LogP contribution in [-0.2, 0) is 4.74 Å². The van der Waals surface area contributed by atoms with Crippen LogP contribution in [0.3, 0.4) is 0 Å². The van der Waals surface area contributed by atoms with Crippen LogP contribution in [-0.4, -0.2) is 42.8 Å². The second-order valence-corrected chi connectivity index (χ2v) is 5.67. The van der Waals surface area contributed by atoms with E-state index in [9.17, 15) is 0 Å². The monoisotopic (exact) mass is 241 g/mol. The Morgan fingerprint density at radius 1 is 1.47 bits per heavy atom. The van der Waals surface area contributed by atoms with Crippen LogP contribution in [0.25, 0.3) is 0 Å². The van der Waals surface area contributed by atoms with Gasteiger partial charge in [0.25, 0.3) is 0 Å². The van der Waals surface area contributed by atoms with Gasteiger partial charge in [0.15, 0.2) is 0 Å². The predicted molar refractivity (Wildman–Crippen MR) is 69.5 cm³/mol. The molecule has 0 amide bonds. The van der Waals surface area contributed by atoms with Gasteiger partial charge >= 0.3 is 0 Å². The van der Waals surface area contributed by atoms with Crippen LogP contribution in [0, 0.1) is 5.92 Å². The van der Waals surface area contributed by atoms with Crippen molar-refractivity contribution in [2.24, 2.45) is 11.8 Å². The topological polar surface area (TPSA) is 50.5 Å². The molecule has 0 saturated carbocycles. The lowest BCUT2D eigenvalue weighted by Gasteiger charge is -2.46. The van der Waals surface area contributed by atoms with Crippen molar-refractivity contribution in [3.8, 4) is 0 Å². The van der Waals surface area contributed by atoms with Crippen molar-refractivity contribution in [2.75, 3.05) is 26.3 Å². The van der Waals surface area contributed by atoms with Crippen molar-refractivity contribution in [1.29, 1.82) is 0 Å². The third-order valence-electron chi connectivity index (χ3n) is 4.83. The summed E-state index contributed by atoms with van der Waals surface area (Å²) in [5.74, 6) is 6.41.